The molecule has 218 valence electrons. The quantitative estimate of drug-likeness (QED) is 0.514. The Morgan fingerprint density at radius 1 is 0.857 bits per heavy atom. The van der Waals surface area contributed by atoms with Crippen molar-refractivity contribution in [3.8, 4) is 0 Å². The summed E-state index contributed by atoms with van der Waals surface area (Å²) in [7, 11) is 0. The van der Waals surface area contributed by atoms with E-state index >= 15 is 0 Å². The average molecular weight is 570 g/mol. The summed E-state index contributed by atoms with van der Waals surface area (Å²) in [4.78, 5) is 68.5. The minimum Gasteiger partial charge on any atom is -0.371 e. The lowest BCUT2D eigenvalue weighted by Crippen LogP contribution is -2.54. The zero-order chi connectivity index (χ0) is 29.0. The maximum absolute atomic E-state index is 13.2. The van der Waals surface area contributed by atoms with E-state index in [-0.39, 0.29) is 24.7 Å². The van der Waals surface area contributed by atoms with Crippen LogP contribution in [-0.2, 0) is 22.7 Å². The summed E-state index contributed by atoms with van der Waals surface area (Å²) >= 11 is 0. The maximum atomic E-state index is 13.2. The number of amides is 5. The molecule has 0 bridgehead atoms. The number of rotatable bonds is 6. The van der Waals surface area contributed by atoms with E-state index in [1.54, 1.807) is 0 Å². The Hall–Kier alpha value is -4.05. The van der Waals surface area contributed by atoms with Gasteiger partial charge in [0.15, 0.2) is 0 Å². The van der Waals surface area contributed by atoms with Gasteiger partial charge in [0.1, 0.15) is 6.04 Å². The lowest BCUT2D eigenvalue weighted by atomic mass is 9.95. The Morgan fingerprint density at radius 2 is 1.50 bits per heavy atom. The molecule has 4 aliphatic heterocycles. The summed E-state index contributed by atoms with van der Waals surface area (Å²) in [6, 6.07) is 10.9. The molecular weight excluding hydrogens is 534 g/mol. The van der Waals surface area contributed by atoms with Crippen LogP contribution in [0, 0.1) is 5.92 Å². The largest absolute Gasteiger partial charge is 0.371 e. The molecule has 2 saturated heterocycles. The summed E-state index contributed by atoms with van der Waals surface area (Å²) in [6.07, 6.45) is 6.05. The van der Waals surface area contributed by atoms with Gasteiger partial charge in [0, 0.05) is 62.4 Å². The number of hydrogen-bond donors (Lipinski definition) is 2. The van der Waals surface area contributed by atoms with Crippen molar-refractivity contribution in [2.45, 2.75) is 70.1 Å². The number of nitrogens with zero attached hydrogens (tertiary/aromatic N) is 3. The first-order chi connectivity index (χ1) is 20.3. The Morgan fingerprint density at radius 3 is 2.12 bits per heavy atom. The van der Waals surface area contributed by atoms with Crippen LogP contribution in [0.4, 0.5) is 5.69 Å². The van der Waals surface area contributed by atoms with E-state index in [0.29, 0.717) is 41.7 Å². The first-order valence-corrected chi connectivity index (χ1v) is 15.1. The molecule has 0 radical (unpaired) electrons. The molecule has 4 heterocycles. The molecule has 5 aliphatic rings. The second-order valence-electron chi connectivity index (χ2n) is 12.4. The lowest BCUT2D eigenvalue weighted by Gasteiger charge is -2.42. The third kappa shape index (κ3) is 4.87. The molecule has 2 aromatic carbocycles. The molecule has 1 atom stereocenters. The number of nitrogens with one attached hydrogen (secondary N) is 2. The van der Waals surface area contributed by atoms with Crippen molar-refractivity contribution in [2.75, 3.05) is 24.5 Å². The normalized spacial score (nSPS) is 23.1. The highest BCUT2D eigenvalue weighted by molar-refractivity contribution is 6.23. The Kier molecular flexibility index (Phi) is 6.80. The maximum Gasteiger partial charge on any atom is 0.262 e. The molecule has 0 aromatic heterocycles. The highest BCUT2D eigenvalue weighted by atomic mass is 16.2. The fraction of sp³-hybridized carbons (Fsp3) is 0.469. The standard InChI is InChI=1S/C32H35N5O5/c38-28-11-10-27(30(40)34-28)37-31(41)25-12-21-17-35(18-22(21)13-26(25)32(37)42)14-19-15-36(16-19)24-8-6-20(7-9-24)29(39)33-23-4-2-1-3-5-23/h6-9,12-13,19,23,27H,1-5,10-11,14-18H2,(H,33,39)(H,34,38,40). The first-order valence-electron chi connectivity index (χ1n) is 15.1. The van der Waals surface area contributed by atoms with Crippen LogP contribution in [0.15, 0.2) is 36.4 Å². The van der Waals surface area contributed by atoms with Crippen LogP contribution >= 0.6 is 0 Å². The van der Waals surface area contributed by atoms with E-state index in [1.165, 1.54) is 19.3 Å². The molecule has 42 heavy (non-hydrogen) atoms. The van der Waals surface area contributed by atoms with E-state index in [1.807, 2.05) is 36.4 Å². The van der Waals surface area contributed by atoms with Gasteiger partial charge in [0.25, 0.3) is 17.7 Å². The number of carbonyl (C=O) groups excluding carboxylic acids is 5. The number of piperidine rings is 1. The van der Waals surface area contributed by atoms with Crippen LogP contribution in [0.1, 0.15) is 87.1 Å². The van der Waals surface area contributed by atoms with Gasteiger partial charge < -0.3 is 10.2 Å². The molecular formula is C32H35N5O5. The van der Waals surface area contributed by atoms with Gasteiger partial charge in [-0.15, -0.1) is 0 Å². The van der Waals surface area contributed by atoms with E-state index in [2.05, 4.69) is 20.4 Å². The van der Waals surface area contributed by atoms with Crippen molar-refractivity contribution in [1.82, 2.24) is 20.4 Å². The van der Waals surface area contributed by atoms with Gasteiger partial charge in [-0.25, -0.2) is 0 Å². The Labute approximate surface area is 244 Å². The molecule has 2 N–H and O–H groups in total. The van der Waals surface area contributed by atoms with Gasteiger partial charge in [0.05, 0.1) is 11.1 Å². The fourth-order valence-electron chi connectivity index (χ4n) is 7.17. The van der Waals surface area contributed by atoms with Crippen LogP contribution in [0.5, 0.6) is 0 Å². The van der Waals surface area contributed by atoms with Crippen molar-refractivity contribution in [3.63, 3.8) is 0 Å². The van der Waals surface area contributed by atoms with Gasteiger partial charge in [-0.3, -0.25) is 39.1 Å². The predicted molar refractivity (Wildman–Crippen MR) is 154 cm³/mol. The van der Waals surface area contributed by atoms with Gasteiger partial charge in [-0.05, 0) is 66.8 Å². The summed E-state index contributed by atoms with van der Waals surface area (Å²) in [6.45, 7) is 4.22. The van der Waals surface area contributed by atoms with Crippen molar-refractivity contribution in [3.05, 3.63) is 64.2 Å². The van der Waals surface area contributed by atoms with Gasteiger partial charge in [0.2, 0.25) is 11.8 Å². The monoisotopic (exact) mass is 569 g/mol. The number of fused-ring (bicyclic) bond motifs is 2. The van der Waals surface area contributed by atoms with E-state index < -0.39 is 23.8 Å². The fourth-order valence-corrected chi connectivity index (χ4v) is 7.17. The molecule has 1 saturated carbocycles. The third-order valence-electron chi connectivity index (χ3n) is 9.46. The van der Waals surface area contributed by atoms with Crippen LogP contribution in [0.25, 0.3) is 0 Å². The van der Waals surface area contributed by atoms with E-state index in [9.17, 15) is 24.0 Å². The number of benzene rings is 2. The second kappa shape index (κ2) is 10.7. The lowest BCUT2D eigenvalue weighted by molar-refractivity contribution is -0.136. The van der Waals surface area contributed by atoms with Gasteiger partial charge >= 0.3 is 0 Å². The minimum atomic E-state index is -0.946. The number of imide groups is 2. The summed E-state index contributed by atoms with van der Waals surface area (Å²) in [5.41, 5.74) is 4.60. The highest BCUT2D eigenvalue weighted by Gasteiger charge is 2.45. The smallest absolute Gasteiger partial charge is 0.262 e. The molecule has 2 aromatic rings. The van der Waals surface area contributed by atoms with Crippen molar-refractivity contribution in [2.24, 2.45) is 5.92 Å². The van der Waals surface area contributed by atoms with Crippen molar-refractivity contribution >= 4 is 35.2 Å². The minimum absolute atomic E-state index is 0.0154. The van der Waals surface area contributed by atoms with Crippen molar-refractivity contribution < 1.29 is 24.0 Å². The molecule has 5 amide bonds. The average Bonchev–Trinajstić information content (AvgIpc) is 3.47. The summed E-state index contributed by atoms with van der Waals surface area (Å²) in [5, 5.41) is 5.42. The van der Waals surface area contributed by atoms with Gasteiger partial charge in [-0.1, -0.05) is 19.3 Å². The van der Waals surface area contributed by atoms with Crippen LogP contribution in [0.3, 0.4) is 0 Å². The molecule has 10 heteroatoms. The zero-order valence-corrected chi connectivity index (χ0v) is 23.6. The molecule has 0 spiro atoms. The molecule has 1 aliphatic carbocycles. The molecule has 1 unspecified atom stereocenters. The SMILES string of the molecule is O=C1CCC(N2C(=O)c3cc4c(cc3C2=O)CN(CC2CN(c3ccc(C(=O)NC5CCCCC5)cc3)C2)C4)C(=O)N1. The summed E-state index contributed by atoms with van der Waals surface area (Å²) in [5.74, 6) is -1.37. The highest BCUT2D eigenvalue weighted by Crippen LogP contribution is 2.34. The zero-order valence-electron chi connectivity index (χ0n) is 23.6. The number of hydrogen-bond acceptors (Lipinski definition) is 7. The number of anilines is 1. The molecule has 10 nitrogen and oxygen atoms in total. The number of carbonyl (C=O) groups is 5. The van der Waals surface area contributed by atoms with Gasteiger partial charge in [-0.2, -0.15) is 0 Å². The Balaban J connectivity index is 0.923. The predicted octanol–water partition coefficient (Wildman–Crippen LogP) is 2.60. The molecule has 7 rings (SSSR count). The van der Waals surface area contributed by atoms with E-state index in [0.717, 1.165) is 54.2 Å². The van der Waals surface area contributed by atoms with E-state index in [4.69, 9.17) is 0 Å². The van der Waals surface area contributed by atoms with Crippen LogP contribution in [-0.4, -0.2) is 71.1 Å². The topological polar surface area (TPSA) is 119 Å². The van der Waals surface area contributed by atoms with Crippen LogP contribution in [0.2, 0.25) is 0 Å². The Bertz CT molecular complexity index is 1430. The molecule has 3 fully saturated rings. The third-order valence-corrected chi connectivity index (χ3v) is 9.46. The second-order valence-corrected chi connectivity index (χ2v) is 12.4. The summed E-state index contributed by atoms with van der Waals surface area (Å²) < 4.78 is 0. The first kappa shape index (κ1) is 26.8. The van der Waals surface area contributed by atoms with Crippen molar-refractivity contribution in [1.29, 1.82) is 0 Å². The van der Waals surface area contributed by atoms with Crippen LogP contribution < -0.4 is 15.5 Å².